The van der Waals surface area contributed by atoms with Gasteiger partial charge in [0.15, 0.2) is 0 Å². The molecule has 0 radical (unpaired) electrons. The number of rotatable bonds is 3. The molecule has 1 amide bonds. The van der Waals surface area contributed by atoms with Gasteiger partial charge in [0.05, 0.1) is 25.8 Å². The van der Waals surface area contributed by atoms with Crippen molar-refractivity contribution in [3.05, 3.63) is 89.2 Å². The third kappa shape index (κ3) is 4.04. The lowest BCUT2D eigenvalue weighted by Crippen LogP contribution is -2.43. The van der Waals surface area contributed by atoms with E-state index in [-0.39, 0.29) is 30.5 Å². The molecule has 0 spiro atoms. The summed E-state index contributed by atoms with van der Waals surface area (Å²) < 4.78 is 5.20. The molecule has 1 aromatic heterocycles. The SMILES string of the molecule is COc1ccc(C#Cc2ccc3c(c2)[C@H]2[C@H](CCN2C(=O)c2ccccn2)[C@@H](CO)N3)cc1. The van der Waals surface area contributed by atoms with Crippen molar-refractivity contribution in [2.75, 3.05) is 25.6 Å². The highest BCUT2D eigenvalue weighted by Gasteiger charge is 2.46. The molecule has 3 heterocycles. The van der Waals surface area contributed by atoms with Crippen LogP contribution in [0.25, 0.3) is 0 Å². The maximum atomic E-state index is 13.3. The van der Waals surface area contributed by atoms with Crippen LogP contribution in [0.2, 0.25) is 0 Å². The molecule has 2 aliphatic rings. The normalized spacial score (nSPS) is 20.7. The molecule has 0 unspecified atom stereocenters. The summed E-state index contributed by atoms with van der Waals surface area (Å²) in [6.07, 6.45) is 2.46. The average Bonchev–Trinajstić information content (AvgIpc) is 3.33. The van der Waals surface area contributed by atoms with Gasteiger partial charge in [-0.2, -0.15) is 0 Å². The highest BCUT2D eigenvalue weighted by molar-refractivity contribution is 5.93. The highest BCUT2D eigenvalue weighted by Crippen LogP contribution is 2.46. The first-order valence-electron chi connectivity index (χ1n) is 11.1. The Hall–Kier alpha value is -3.82. The molecule has 2 aliphatic heterocycles. The minimum atomic E-state index is -0.129. The van der Waals surface area contributed by atoms with Crippen LogP contribution >= 0.6 is 0 Å². The monoisotopic (exact) mass is 439 g/mol. The lowest BCUT2D eigenvalue weighted by molar-refractivity contribution is 0.0695. The first-order chi connectivity index (χ1) is 16.2. The quantitative estimate of drug-likeness (QED) is 0.612. The van der Waals surface area contributed by atoms with Gasteiger partial charge in [0.25, 0.3) is 5.91 Å². The number of methoxy groups -OCH3 is 1. The van der Waals surface area contributed by atoms with Crippen LogP contribution in [0.4, 0.5) is 5.69 Å². The number of ether oxygens (including phenoxy) is 1. The molecule has 0 aliphatic carbocycles. The van der Waals surface area contributed by atoms with Crippen molar-refractivity contribution in [2.45, 2.75) is 18.5 Å². The van der Waals surface area contributed by atoms with Gasteiger partial charge < -0.3 is 20.1 Å². The standard InChI is InChI=1S/C27H25N3O3/c1-33-20-10-7-18(8-11-20)5-6-19-9-12-23-22(16-19)26-21(25(17-31)29-23)13-15-30(26)27(32)24-4-2-3-14-28-24/h2-4,7-12,14,16,21,25-26,29,31H,13,15,17H2,1H3/t21-,25-,26-/m1/s1. The van der Waals surface area contributed by atoms with E-state index in [1.165, 1.54) is 0 Å². The van der Waals surface area contributed by atoms with E-state index in [4.69, 9.17) is 4.74 Å². The number of nitrogens with zero attached hydrogens (tertiary/aromatic N) is 2. The Morgan fingerprint density at radius 2 is 1.94 bits per heavy atom. The molecule has 0 saturated carbocycles. The Labute approximate surface area is 193 Å². The van der Waals surface area contributed by atoms with Crippen LogP contribution in [-0.2, 0) is 0 Å². The fourth-order valence-corrected chi connectivity index (χ4v) is 4.82. The molecule has 166 valence electrons. The Kier molecular flexibility index (Phi) is 5.72. The molecule has 0 bridgehead atoms. The fourth-order valence-electron chi connectivity index (χ4n) is 4.82. The number of aliphatic hydroxyl groups is 1. The minimum Gasteiger partial charge on any atom is -0.497 e. The zero-order valence-corrected chi connectivity index (χ0v) is 18.4. The van der Waals surface area contributed by atoms with Crippen LogP contribution in [0, 0.1) is 17.8 Å². The molecule has 6 heteroatoms. The van der Waals surface area contributed by atoms with Gasteiger partial charge in [-0.15, -0.1) is 0 Å². The Morgan fingerprint density at radius 1 is 1.15 bits per heavy atom. The van der Waals surface area contributed by atoms with Crippen molar-refractivity contribution in [1.29, 1.82) is 0 Å². The van der Waals surface area contributed by atoms with E-state index < -0.39 is 0 Å². The molecule has 3 atom stereocenters. The molecule has 3 aromatic rings. The van der Waals surface area contributed by atoms with Crippen LogP contribution in [0.15, 0.2) is 66.9 Å². The van der Waals surface area contributed by atoms with Gasteiger partial charge in [-0.25, -0.2) is 0 Å². The molecule has 2 aromatic carbocycles. The largest absolute Gasteiger partial charge is 0.497 e. The maximum Gasteiger partial charge on any atom is 0.272 e. The van der Waals surface area contributed by atoms with E-state index in [0.29, 0.717) is 12.2 Å². The van der Waals surface area contributed by atoms with Crippen LogP contribution in [0.1, 0.15) is 39.6 Å². The fraction of sp³-hybridized carbons (Fsp3) is 0.259. The summed E-state index contributed by atoms with van der Waals surface area (Å²) in [6, 6.07) is 18.8. The topological polar surface area (TPSA) is 74.7 Å². The number of likely N-dealkylation sites (tertiary alicyclic amines) is 1. The number of anilines is 1. The van der Waals surface area contributed by atoms with Gasteiger partial charge in [-0.05, 0) is 66.6 Å². The Bertz CT molecular complexity index is 1210. The summed E-state index contributed by atoms with van der Waals surface area (Å²) >= 11 is 0. The molecule has 33 heavy (non-hydrogen) atoms. The highest BCUT2D eigenvalue weighted by atomic mass is 16.5. The number of amides is 1. The first-order valence-corrected chi connectivity index (χ1v) is 11.1. The number of nitrogens with one attached hydrogen (secondary N) is 1. The molecular formula is C27H25N3O3. The van der Waals surface area contributed by atoms with Crippen molar-refractivity contribution < 1.29 is 14.6 Å². The molecule has 5 rings (SSSR count). The van der Waals surface area contributed by atoms with E-state index in [2.05, 4.69) is 28.2 Å². The van der Waals surface area contributed by atoms with Gasteiger partial charge in [-0.1, -0.05) is 17.9 Å². The van der Waals surface area contributed by atoms with Crippen LogP contribution in [0.5, 0.6) is 5.75 Å². The Balaban J connectivity index is 1.49. The second-order valence-electron chi connectivity index (χ2n) is 8.32. The number of fused-ring (bicyclic) bond motifs is 3. The van der Waals surface area contributed by atoms with Crippen molar-refractivity contribution in [3.63, 3.8) is 0 Å². The summed E-state index contributed by atoms with van der Waals surface area (Å²) in [5.74, 6) is 7.29. The minimum absolute atomic E-state index is 0.0191. The van der Waals surface area contributed by atoms with Gasteiger partial charge in [-0.3, -0.25) is 9.78 Å². The van der Waals surface area contributed by atoms with Crippen molar-refractivity contribution in [2.24, 2.45) is 5.92 Å². The molecule has 6 nitrogen and oxygen atoms in total. The smallest absolute Gasteiger partial charge is 0.272 e. The zero-order valence-electron chi connectivity index (χ0n) is 18.4. The summed E-state index contributed by atoms with van der Waals surface area (Å²) in [5.41, 5.74) is 4.19. The number of hydrogen-bond donors (Lipinski definition) is 2. The van der Waals surface area contributed by atoms with Crippen LogP contribution in [0.3, 0.4) is 0 Å². The second kappa shape index (κ2) is 8.97. The summed E-state index contributed by atoms with van der Waals surface area (Å²) in [6.45, 7) is 0.648. The molecular weight excluding hydrogens is 414 g/mol. The number of hydrogen-bond acceptors (Lipinski definition) is 5. The number of carbonyl (C=O) groups is 1. The van der Waals surface area contributed by atoms with E-state index in [9.17, 15) is 9.90 Å². The zero-order chi connectivity index (χ0) is 22.8. The third-order valence-corrected chi connectivity index (χ3v) is 6.46. The predicted molar refractivity (Wildman–Crippen MR) is 126 cm³/mol. The van der Waals surface area contributed by atoms with Gasteiger partial charge in [0.2, 0.25) is 0 Å². The summed E-state index contributed by atoms with van der Waals surface area (Å²) in [4.78, 5) is 19.5. The summed E-state index contributed by atoms with van der Waals surface area (Å²) in [5, 5.41) is 13.5. The predicted octanol–water partition coefficient (Wildman–Crippen LogP) is 3.48. The number of aliphatic hydroxyl groups excluding tert-OH is 1. The van der Waals surface area contributed by atoms with E-state index in [1.807, 2.05) is 47.4 Å². The van der Waals surface area contributed by atoms with Gasteiger partial charge in [0, 0.05) is 35.5 Å². The van der Waals surface area contributed by atoms with Crippen molar-refractivity contribution in [3.8, 4) is 17.6 Å². The Morgan fingerprint density at radius 3 is 2.67 bits per heavy atom. The number of benzene rings is 2. The lowest BCUT2D eigenvalue weighted by atomic mass is 9.82. The average molecular weight is 440 g/mol. The second-order valence-corrected chi connectivity index (χ2v) is 8.32. The maximum absolute atomic E-state index is 13.3. The summed E-state index contributed by atoms with van der Waals surface area (Å²) in [7, 11) is 1.64. The molecule has 1 saturated heterocycles. The van der Waals surface area contributed by atoms with Gasteiger partial charge in [0.1, 0.15) is 11.4 Å². The lowest BCUT2D eigenvalue weighted by Gasteiger charge is -2.39. The van der Waals surface area contributed by atoms with Gasteiger partial charge >= 0.3 is 0 Å². The number of aromatic nitrogens is 1. The number of carbonyl (C=O) groups excluding carboxylic acids is 1. The van der Waals surface area contributed by atoms with E-state index in [0.717, 1.165) is 34.5 Å². The van der Waals surface area contributed by atoms with Crippen LogP contribution in [-0.4, -0.2) is 47.2 Å². The first kappa shape index (κ1) is 21.0. The van der Waals surface area contributed by atoms with Crippen LogP contribution < -0.4 is 10.1 Å². The van der Waals surface area contributed by atoms with E-state index in [1.54, 1.807) is 25.4 Å². The molecule has 1 fully saturated rings. The third-order valence-electron chi connectivity index (χ3n) is 6.46. The number of pyridine rings is 1. The van der Waals surface area contributed by atoms with E-state index >= 15 is 0 Å². The van der Waals surface area contributed by atoms with Crippen molar-refractivity contribution in [1.82, 2.24) is 9.88 Å². The van der Waals surface area contributed by atoms with Crippen molar-refractivity contribution >= 4 is 11.6 Å². The molecule has 2 N–H and O–H groups in total.